The Morgan fingerprint density at radius 3 is 2.81 bits per heavy atom. The molecule has 2 heterocycles. The summed E-state index contributed by atoms with van der Waals surface area (Å²) in [6, 6.07) is 3.45. The molecular formula is C10H11N3O2S. The molecule has 0 saturated heterocycles. The lowest BCUT2D eigenvalue weighted by Gasteiger charge is -2.03. The number of nitrogens with two attached hydrogens (primary N) is 1. The highest BCUT2D eigenvalue weighted by Gasteiger charge is 2.09. The number of hydrogen-bond acceptors (Lipinski definition) is 6. The van der Waals surface area contributed by atoms with E-state index in [0.717, 1.165) is 5.69 Å². The van der Waals surface area contributed by atoms with E-state index in [-0.39, 0.29) is 0 Å². The van der Waals surface area contributed by atoms with Crippen molar-refractivity contribution in [3.8, 4) is 5.88 Å². The zero-order chi connectivity index (χ0) is 11.5. The molecule has 0 bridgehead atoms. The van der Waals surface area contributed by atoms with Gasteiger partial charge in [-0.15, -0.1) is 0 Å². The summed E-state index contributed by atoms with van der Waals surface area (Å²) in [4.78, 5) is 8.37. The van der Waals surface area contributed by atoms with E-state index in [1.165, 1.54) is 11.8 Å². The number of ether oxygens (including phenoxy) is 1. The number of rotatable bonds is 3. The SMILES string of the molecule is COc1ccc(N)c(Sc2nc(C)co2)n1. The molecule has 0 aromatic carbocycles. The van der Waals surface area contributed by atoms with Crippen LogP contribution in [0, 0.1) is 6.92 Å². The summed E-state index contributed by atoms with van der Waals surface area (Å²) < 4.78 is 10.2. The quantitative estimate of drug-likeness (QED) is 0.881. The van der Waals surface area contributed by atoms with Crippen molar-refractivity contribution in [2.24, 2.45) is 0 Å². The van der Waals surface area contributed by atoms with E-state index >= 15 is 0 Å². The van der Waals surface area contributed by atoms with Crippen LogP contribution in [0.15, 0.2) is 33.1 Å². The summed E-state index contributed by atoms with van der Waals surface area (Å²) in [6.07, 6.45) is 1.58. The zero-order valence-electron chi connectivity index (χ0n) is 8.93. The van der Waals surface area contributed by atoms with Crippen LogP contribution >= 0.6 is 11.8 Å². The molecule has 0 fully saturated rings. The number of pyridine rings is 1. The number of nitrogen functional groups attached to an aromatic ring is 1. The van der Waals surface area contributed by atoms with E-state index in [0.29, 0.717) is 21.8 Å². The number of aromatic nitrogens is 2. The Morgan fingerprint density at radius 2 is 2.19 bits per heavy atom. The molecule has 0 atom stereocenters. The number of hydrogen-bond donors (Lipinski definition) is 1. The largest absolute Gasteiger partial charge is 0.481 e. The molecule has 2 aromatic rings. The van der Waals surface area contributed by atoms with Crippen LogP contribution in [0.1, 0.15) is 5.69 Å². The van der Waals surface area contributed by atoms with Gasteiger partial charge in [0, 0.05) is 6.07 Å². The van der Waals surface area contributed by atoms with Gasteiger partial charge in [0.05, 0.1) is 18.5 Å². The fourth-order valence-corrected chi connectivity index (χ4v) is 1.86. The minimum Gasteiger partial charge on any atom is -0.481 e. The van der Waals surface area contributed by atoms with E-state index in [4.69, 9.17) is 14.9 Å². The van der Waals surface area contributed by atoms with E-state index in [9.17, 15) is 0 Å². The summed E-state index contributed by atoms with van der Waals surface area (Å²) in [5.74, 6) is 0.514. The normalized spacial score (nSPS) is 10.4. The minimum absolute atomic E-state index is 0.514. The number of anilines is 1. The Morgan fingerprint density at radius 1 is 1.38 bits per heavy atom. The fraction of sp³-hybridized carbons (Fsp3) is 0.200. The lowest BCUT2D eigenvalue weighted by Crippen LogP contribution is -1.94. The van der Waals surface area contributed by atoms with Crippen molar-refractivity contribution in [2.75, 3.05) is 12.8 Å². The Kier molecular flexibility index (Phi) is 3.00. The topological polar surface area (TPSA) is 74.2 Å². The first-order valence-electron chi connectivity index (χ1n) is 4.59. The first-order chi connectivity index (χ1) is 7.69. The van der Waals surface area contributed by atoms with E-state index in [1.807, 2.05) is 6.92 Å². The molecule has 0 amide bonds. The molecule has 0 saturated carbocycles. The van der Waals surface area contributed by atoms with Crippen molar-refractivity contribution in [3.63, 3.8) is 0 Å². The Balaban J connectivity index is 2.26. The van der Waals surface area contributed by atoms with Crippen LogP contribution in [0.2, 0.25) is 0 Å². The summed E-state index contributed by atoms with van der Waals surface area (Å²) in [5, 5.41) is 1.14. The van der Waals surface area contributed by atoms with E-state index < -0.39 is 0 Å². The third-order valence-electron chi connectivity index (χ3n) is 1.86. The van der Waals surface area contributed by atoms with Crippen LogP contribution in [0.4, 0.5) is 5.69 Å². The Hall–Kier alpha value is -1.69. The number of aryl methyl sites for hydroxylation is 1. The lowest BCUT2D eigenvalue weighted by atomic mass is 10.4. The summed E-state index contributed by atoms with van der Waals surface area (Å²) in [5.41, 5.74) is 7.18. The Labute approximate surface area is 97.0 Å². The molecule has 6 heteroatoms. The highest BCUT2D eigenvalue weighted by Crippen LogP contribution is 2.31. The summed E-state index contributed by atoms with van der Waals surface area (Å²) >= 11 is 1.27. The predicted molar refractivity (Wildman–Crippen MR) is 60.6 cm³/mol. The Bertz CT molecular complexity index is 499. The molecule has 0 aliphatic rings. The second kappa shape index (κ2) is 4.44. The molecule has 0 radical (unpaired) electrons. The summed E-state index contributed by atoms with van der Waals surface area (Å²) in [7, 11) is 1.56. The molecule has 0 aliphatic carbocycles. The molecule has 0 spiro atoms. The van der Waals surface area contributed by atoms with Gasteiger partial charge in [-0.3, -0.25) is 0 Å². The second-order valence-electron chi connectivity index (χ2n) is 3.10. The molecular weight excluding hydrogens is 226 g/mol. The smallest absolute Gasteiger partial charge is 0.262 e. The van der Waals surface area contributed by atoms with Crippen molar-refractivity contribution < 1.29 is 9.15 Å². The highest BCUT2D eigenvalue weighted by atomic mass is 32.2. The van der Waals surface area contributed by atoms with Crippen molar-refractivity contribution in [1.82, 2.24) is 9.97 Å². The predicted octanol–water partition coefficient (Wildman–Crippen LogP) is 2.12. The molecule has 5 nitrogen and oxygen atoms in total. The van der Waals surface area contributed by atoms with Gasteiger partial charge in [-0.1, -0.05) is 0 Å². The van der Waals surface area contributed by atoms with E-state index in [1.54, 1.807) is 25.5 Å². The first kappa shape index (κ1) is 10.8. The van der Waals surface area contributed by atoms with Crippen LogP contribution in [0.25, 0.3) is 0 Å². The van der Waals surface area contributed by atoms with Crippen molar-refractivity contribution in [3.05, 3.63) is 24.1 Å². The molecule has 2 N–H and O–H groups in total. The zero-order valence-corrected chi connectivity index (χ0v) is 9.75. The average Bonchev–Trinajstić information content (AvgIpc) is 2.67. The number of methoxy groups -OCH3 is 1. The van der Waals surface area contributed by atoms with Gasteiger partial charge in [0.25, 0.3) is 5.22 Å². The van der Waals surface area contributed by atoms with Crippen LogP contribution in [-0.2, 0) is 0 Å². The fourth-order valence-electron chi connectivity index (χ4n) is 1.09. The third-order valence-corrected chi connectivity index (χ3v) is 2.74. The molecule has 0 aliphatic heterocycles. The second-order valence-corrected chi connectivity index (χ2v) is 4.04. The lowest BCUT2D eigenvalue weighted by molar-refractivity contribution is 0.394. The van der Waals surface area contributed by atoms with Crippen LogP contribution in [-0.4, -0.2) is 17.1 Å². The monoisotopic (exact) mass is 237 g/mol. The molecule has 0 unspecified atom stereocenters. The highest BCUT2D eigenvalue weighted by molar-refractivity contribution is 7.99. The van der Waals surface area contributed by atoms with Gasteiger partial charge in [0.15, 0.2) is 0 Å². The van der Waals surface area contributed by atoms with Crippen LogP contribution < -0.4 is 10.5 Å². The van der Waals surface area contributed by atoms with Gasteiger partial charge in [-0.2, -0.15) is 0 Å². The maximum atomic E-state index is 5.79. The number of nitrogens with zero attached hydrogens (tertiary/aromatic N) is 2. The third kappa shape index (κ3) is 2.27. The maximum Gasteiger partial charge on any atom is 0.262 e. The average molecular weight is 237 g/mol. The van der Waals surface area contributed by atoms with Gasteiger partial charge in [0.2, 0.25) is 5.88 Å². The molecule has 16 heavy (non-hydrogen) atoms. The molecule has 2 rings (SSSR count). The van der Waals surface area contributed by atoms with Crippen LogP contribution in [0.3, 0.4) is 0 Å². The summed E-state index contributed by atoms with van der Waals surface area (Å²) in [6.45, 7) is 1.86. The van der Waals surface area contributed by atoms with Crippen molar-refractivity contribution >= 4 is 17.4 Å². The van der Waals surface area contributed by atoms with Gasteiger partial charge in [-0.05, 0) is 24.8 Å². The minimum atomic E-state index is 0.514. The maximum absolute atomic E-state index is 5.79. The number of oxazole rings is 1. The van der Waals surface area contributed by atoms with Gasteiger partial charge >= 0.3 is 0 Å². The molecule has 2 aromatic heterocycles. The first-order valence-corrected chi connectivity index (χ1v) is 5.41. The standard InChI is InChI=1S/C10H11N3O2S/c1-6-5-15-10(12-6)16-9-7(11)3-4-8(13-9)14-2/h3-5H,11H2,1-2H3. The van der Waals surface area contributed by atoms with Crippen LogP contribution in [0.5, 0.6) is 5.88 Å². The van der Waals surface area contributed by atoms with Gasteiger partial charge in [-0.25, -0.2) is 9.97 Å². The van der Waals surface area contributed by atoms with Gasteiger partial charge < -0.3 is 14.9 Å². The van der Waals surface area contributed by atoms with Crippen molar-refractivity contribution in [1.29, 1.82) is 0 Å². The van der Waals surface area contributed by atoms with E-state index in [2.05, 4.69) is 9.97 Å². The molecule has 84 valence electrons. The van der Waals surface area contributed by atoms with Crippen molar-refractivity contribution in [2.45, 2.75) is 17.2 Å². The van der Waals surface area contributed by atoms with Gasteiger partial charge in [0.1, 0.15) is 11.3 Å².